The number of hydrogen-bond donors (Lipinski definition) is 2. The van der Waals surface area contributed by atoms with E-state index in [1.165, 1.54) is 11.0 Å². The lowest BCUT2D eigenvalue weighted by atomic mass is 9.95. The normalized spacial score (nSPS) is 22.7. The molecule has 2 N–H and O–H groups in total. The highest BCUT2D eigenvalue weighted by atomic mass is 19.4. The Hall–Kier alpha value is -1.83. The summed E-state index contributed by atoms with van der Waals surface area (Å²) in [6.45, 7) is 2.92. The number of hydrogen-bond acceptors (Lipinski definition) is 2. The Morgan fingerprint density at radius 2 is 2.04 bits per heavy atom. The molecule has 2 aliphatic rings. The van der Waals surface area contributed by atoms with Crippen molar-refractivity contribution in [1.82, 2.24) is 15.5 Å². The van der Waals surface area contributed by atoms with Crippen molar-refractivity contribution in [2.45, 2.75) is 43.8 Å². The van der Waals surface area contributed by atoms with Gasteiger partial charge in [-0.25, -0.2) is 4.39 Å². The van der Waals surface area contributed by atoms with Gasteiger partial charge in [0.2, 0.25) is 0 Å². The minimum atomic E-state index is -4.18. The van der Waals surface area contributed by atoms with E-state index in [0.29, 0.717) is 44.1 Å². The molecule has 1 unspecified atom stereocenters. The van der Waals surface area contributed by atoms with Crippen LogP contribution in [0.5, 0.6) is 0 Å². The highest BCUT2D eigenvalue weighted by Crippen LogP contribution is 2.49. The van der Waals surface area contributed by atoms with Crippen LogP contribution in [0.15, 0.2) is 29.3 Å². The van der Waals surface area contributed by atoms with Crippen LogP contribution < -0.4 is 10.6 Å². The van der Waals surface area contributed by atoms with Crippen molar-refractivity contribution in [1.29, 1.82) is 0 Å². The Morgan fingerprint density at radius 1 is 1.30 bits per heavy atom. The van der Waals surface area contributed by atoms with Crippen molar-refractivity contribution in [2.24, 2.45) is 4.99 Å². The zero-order valence-electron chi connectivity index (χ0n) is 15.4. The predicted octanol–water partition coefficient (Wildman–Crippen LogP) is 3.05. The zero-order chi connectivity index (χ0) is 19.5. The van der Waals surface area contributed by atoms with Gasteiger partial charge >= 0.3 is 6.18 Å². The molecule has 150 valence electrons. The van der Waals surface area contributed by atoms with Crippen LogP contribution in [0.2, 0.25) is 0 Å². The molecule has 0 radical (unpaired) electrons. The van der Waals surface area contributed by atoms with Gasteiger partial charge in [-0.3, -0.25) is 9.89 Å². The topological polar surface area (TPSA) is 39.7 Å². The standard InChI is InChI=1S/C19H26F4N4/c1-2-24-17(26-14-7-10-27(11-14)13-19(21,22)23)25-12-18(8-9-18)15-5-3-4-6-16(15)20/h3-6,14H,2,7-13H2,1H3,(H2,24,25,26). The van der Waals surface area contributed by atoms with E-state index in [9.17, 15) is 17.6 Å². The van der Waals surface area contributed by atoms with Gasteiger partial charge in [0, 0.05) is 31.1 Å². The van der Waals surface area contributed by atoms with E-state index in [-0.39, 0.29) is 17.3 Å². The van der Waals surface area contributed by atoms with Gasteiger partial charge < -0.3 is 10.6 Å². The smallest absolute Gasteiger partial charge is 0.357 e. The van der Waals surface area contributed by atoms with E-state index in [2.05, 4.69) is 15.6 Å². The summed E-state index contributed by atoms with van der Waals surface area (Å²) in [6, 6.07) is 6.71. The maximum absolute atomic E-state index is 14.1. The van der Waals surface area contributed by atoms with Crippen molar-refractivity contribution in [3.8, 4) is 0 Å². The fraction of sp³-hybridized carbons (Fsp3) is 0.632. The predicted molar refractivity (Wildman–Crippen MR) is 97.3 cm³/mol. The Balaban J connectivity index is 1.60. The molecule has 27 heavy (non-hydrogen) atoms. The van der Waals surface area contributed by atoms with Gasteiger partial charge in [-0.15, -0.1) is 0 Å². The first-order valence-corrected chi connectivity index (χ1v) is 9.40. The van der Waals surface area contributed by atoms with E-state index in [1.54, 1.807) is 6.07 Å². The fourth-order valence-corrected chi connectivity index (χ4v) is 3.65. The number of nitrogens with one attached hydrogen (secondary N) is 2. The first-order chi connectivity index (χ1) is 12.8. The van der Waals surface area contributed by atoms with E-state index in [4.69, 9.17) is 0 Å². The average molecular weight is 386 g/mol. The van der Waals surface area contributed by atoms with Crippen molar-refractivity contribution < 1.29 is 17.6 Å². The summed E-state index contributed by atoms with van der Waals surface area (Å²) in [6.07, 6.45) is -1.76. The molecule has 1 aliphatic carbocycles. The molecule has 0 amide bonds. The molecule has 1 saturated carbocycles. The Labute approximate surface area is 157 Å². The lowest BCUT2D eigenvalue weighted by Crippen LogP contribution is -2.45. The van der Waals surface area contributed by atoms with Gasteiger partial charge in [0.05, 0.1) is 13.1 Å². The van der Waals surface area contributed by atoms with Gasteiger partial charge in [0.1, 0.15) is 5.82 Å². The summed E-state index contributed by atoms with van der Waals surface area (Å²) in [5, 5.41) is 6.38. The van der Waals surface area contributed by atoms with E-state index < -0.39 is 12.7 Å². The van der Waals surface area contributed by atoms with Crippen LogP contribution >= 0.6 is 0 Å². The van der Waals surface area contributed by atoms with Crippen LogP contribution in [-0.4, -0.2) is 55.8 Å². The molecule has 4 nitrogen and oxygen atoms in total. The third-order valence-electron chi connectivity index (χ3n) is 5.20. The van der Waals surface area contributed by atoms with Crippen LogP contribution in [0.1, 0.15) is 31.7 Å². The number of nitrogens with zero attached hydrogens (tertiary/aromatic N) is 2. The largest absolute Gasteiger partial charge is 0.401 e. The second kappa shape index (κ2) is 8.04. The second-order valence-corrected chi connectivity index (χ2v) is 7.44. The molecular formula is C19H26F4N4. The van der Waals surface area contributed by atoms with Crippen LogP contribution in [0, 0.1) is 5.82 Å². The van der Waals surface area contributed by atoms with Gasteiger partial charge in [-0.1, -0.05) is 18.2 Å². The molecule has 3 rings (SSSR count). The average Bonchev–Trinajstić information content (AvgIpc) is 3.26. The Morgan fingerprint density at radius 3 is 2.67 bits per heavy atom. The lowest BCUT2D eigenvalue weighted by Gasteiger charge is -2.20. The van der Waals surface area contributed by atoms with Gasteiger partial charge in [0.25, 0.3) is 0 Å². The molecule has 1 aromatic carbocycles. The minimum Gasteiger partial charge on any atom is -0.357 e. The summed E-state index contributed by atoms with van der Waals surface area (Å²) in [4.78, 5) is 6.02. The summed E-state index contributed by atoms with van der Waals surface area (Å²) in [5.74, 6) is 0.376. The third kappa shape index (κ3) is 5.34. The van der Waals surface area contributed by atoms with Crippen LogP contribution in [0.25, 0.3) is 0 Å². The maximum Gasteiger partial charge on any atom is 0.401 e. The molecule has 2 fully saturated rings. The second-order valence-electron chi connectivity index (χ2n) is 7.44. The van der Waals surface area contributed by atoms with Gasteiger partial charge in [0.15, 0.2) is 5.96 Å². The Kier molecular flexibility index (Phi) is 5.93. The van der Waals surface area contributed by atoms with Crippen LogP contribution in [0.4, 0.5) is 17.6 Å². The molecule has 8 heteroatoms. The van der Waals surface area contributed by atoms with Gasteiger partial charge in [-0.2, -0.15) is 13.2 Å². The highest BCUT2D eigenvalue weighted by molar-refractivity contribution is 5.80. The molecule has 0 bridgehead atoms. The third-order valence-corrected chi connectivity index (χ3v) is 5.20. The number of benzene rings is 1. The van der Waals surface area contributed by atoms with Crippen molar-refractivity contribution in [2.75, 3.05) is 32.7 Å². The Bertz CT molecular complexity index is 670. The zero-order valence-corrected chi connectivity index (χ0v) is 15.4. The maximum atomic E-state index is 14.1. The molecule has 1 aromatic rings. The molecule has 1 heterocycles. The molecule has 0 spiro atoms. The fourth-order valence-electron chi connectivity index (χ4n) is 3.65. The SMILES string of the molecule is CCNC(=NCC1(c2ccccc2F)CC1)NC1CCN(CC(F)(F)F)C1. The van der Waals surface area contributed by atoms with Crippen LogP contribution in [-0.2, 0) is 5.41 Å². The summed E-state index contributed by atoms with van der Waals surface area (Å²) in [5.41, 5.74) is 0.438. The number of likely N-dealkylation sites (tertiary alicyclic amines) is 1. The summed E-state index contributed by atoms with van der Waals surface area (Å²) < 4.78 is 51.8. The van der Waals surface area contributed by atoms with Crippen LogP contribution in [0.3, 0.4) is 0 Å². The number of guanidine groups is 1. The van der Waals surface area contributed by atoms with E-state index >= 15 is 0 Å². The first-order valence-electron chi connectivity index (χ1n) is 9.40. The van der Waals surface area contributed by atoms with Crippen molar-refractivity contribution >= 4 is 5.96 Å². The molecule has 1 saturated heterocycles. The lowest BCUT2D eigenvalue weighted by molar-refractivity contribution is -0.143. The quantitative estimate of drug-likeness (QED) is 0.449. The number of alkyl halides is 3. The highest BCUT2D eigenvalue weighted by Gasteiger charge is 2.46. The minimum absolute atomic E-state index is 0.0752. The number of rotatable bonds is 6. The van der Waals surface area contributed by atoms with E-state index in [1.807, 2.05) is 19.1 Å². The summed E-state index contributed by atoms with van der Waals surface area (Å²) in [7, 11) is 0. The van der Waals surface area contributed by atoms with Crippen molar-refractivity contribution in [3.63, 3.8) is 0 Å². The monoisotopic (exact) mass is 386 g/mol. The molecular weight excluding hydrogens is 360 g/mol. The molecule has 0 aromatic heterocycles. The first kappa shape index (κ1) is 19.9. The van der Waals surface area contributed by atoms with Crippen molar-refractivity contribution in [3.05, 3.63) is 35.6 Å². The van der Waals surface area contributed by atoms with E-state index in [0.717, 1.165) is 12.8 Å². The van der Waals surface area contributed by atoms with Gasteiger partial charge in [-0.05, 0) is 37.8 Å². The number of aliphatic imine (C=N–C) groups is 1. The summed E-state index contributed by atoms with van der Waals surface area (Å²) >= 11 is 0. The molecule has 1 atom stereocenters. The number of halogens is 4. The molecule has 1 aliphatic heterocycles.